The van der Waals surface area contributed by atoms with Gasteiger partial charge in [-0.3, -0.25) is 4.57 Å². The van der Waals surface area contributed by atoms with E-state index in [0.717, 1.165) is 16.7 Å². The van der Waals surface area contributed by atoms with Crippen LogP contribution in [0.1, 0.15) is 0 Å². The number of hydrogen-bond donors (Lipinski definition) is 0. The number of fused-ring (bicyclic) bond motifs is 1. The Labute approximate surface area is 92.0 Å². The fourth-order valence-corrected chi connectivity index (χ4v) is 1.78. The topological polar surface area (TPSA) is 17.8 Å². The van der Waals surface area contributed by atoms with E-state index in [0.29, 0.717) is 0 Å². The lowest BCUT2D eigenvalue weighted by Gasteiger charge is -2.03. The van der Waals surface area contributed by atoms with Gasteiger partial charge in [0.1, 0.15) is 12.1 Å². The summed E-state index contributed by atoms with van der Waals surface area (Å²) in [6.45, 7) is 0. The van der Waals surface area contributed by atoms with Crippen LogP contribution in [0.5, 0.6) is 0 Å². The third kappa shape index (κ3) is 1.37. The molecular formula is C13H9FN2. The van der Waals surface area contributed by atoms with E-state index < -0.39 is 0 Å². The van der Waals surface area contributed by atoms with Crippen LogP contribution in [0.4, 0.5) is 4.39 Å². The van der Waals surface area contributed by atoms with Crippen LogP contribution in [0.15, 0.2) is 54.9 Å². The SMILES string of the molecule is Fc1ccc2ncn(-c3ccccc3)c2c1. The summed E-state index contributed by atoms with van der Waals surface area (Å²) in [5.74, 6) is -0.245. The fourth-order valence-electron chi connectivity index (χ4n) is 1.78. The molecule has 0 spiro atoms. The highest BCUT2D eigenvalue weighted by molar-refractivity contribution is 5.77. The minimum absolute atomic E-state index is 0.245. The molecule has 0 aliphatic heterocycles. The average molecular weight is 212 g/mol. The maximum atomic E-state index is 13.2. The van der Waals surface area contributed by atoms with Crippen molar-refractivity contribution in [2.75, 3.05) is 0 Å². The van der Waals surface area contributed by atoms with Crippen LogP contribution in [-0.4, -0.2) is 9.55 Å². The fraction of sp³-hybridized carbons (Fsp3) is 0. The van der Waals surface area contributed by atoms with E-state index >= 15 is 0 Å². The first-order valence-electron chi connectivity index (χ1n) is 5.02. The van der Waals surface area contributed by atoms with Crippen molar-refractivity contribution in [1.29, 1.82) is 0 Å². The van der Waals surface area contributed by atoms with Crippen LogP contribution in [0.2, 0.25) is 0 Å². The quantitative estimate of drug-likeness (QED) is 0.605. The molecule has 0 fully saturated rings. The summed E-state index contributed by atoms with van der Waals surface area (Å²) in [6, 6.07) is 14.4. The Morgan fingerprint density at radius 3 is 2.62 bits per heavy atom. The summed E-state index contributed by atoms with van der Waals surface area (Å²) in [6.07, 6.45) is 1.71. The normalized spacial score (nSPS) is 10.8. The first kappa shape index (κ1) is 9.09. The molecule has 0 N–H and O–H groups in total. The van der Waals surface area contributed by atoms with Crippen molar-refractivity contribution in [3.63, 3.8) is 0 Å². The summed E-state index contributed by atoms with van der Waals surface area (Å²) < 4.78 is 15.0. The second-order valence-corrected chi connectivity index (χ2v) is 3.58. The van der Waals surface area contributed by atoms with Crippen LogP contribution in [-0.2, 0) is 0 Å². The zero-order valence-corrected chi connectivity index (χ0v) is 8.47. The van der Waals surface area contributed by atoms with Gasteiger partial charge in [0.15, 0.2) is 0 Å². The highest BCUT2D eigenvalue weighted by Gasteiger charge is 2.04. The summed E-state index contributed by atoms with van der Waals surface area (Å²) in [7, 11) is 0. The van der Waals surface area contributed by atoms with Crippen LogP contribution >= 0.6 is 0 Å². The number of para-hydroxylation sites is 1. The zero-order valence-electron chi connectivity index (χ0n) is 8.47. The molecule has 0 atom stereocenters. The van der Waals surface area contributed by atoms with Crippen molar-refractivity contribution < 1.29 is 4.39 Å². The van der Waals surface area contributed by atoms with E-state index in [4.69, 9.17) is 0 Å². The van der Waals surface area contributed by atoms with Gasteiger partial charge in [-0.1, -0.05) is 18.2 Å². The van der Waals surface area contributed by atoms with Crippen molar-refractivity contribution in [1.82, 2.24) is 9.55 Å². The lowest BCUT2D eigenvalue weighted by atomic mass is 10.3. The monoisotopic (exact) mass is 212 g/mol. The van der Waals surface area contributed by atoms with Crippen LogP contribution in [0.3, 0.4) is 0 Å². The van der Waals surface area contributed by atoms with Crippen molar-refractivity contribution in [2.45, 2.75) is 0 Å². The summed E-state index contributed by atoms with van der Waals surface area (Å²) in [5, 5.41) is 0. The van der Waals surface area contributed by atoms with E-state index in [2.05, 4.69) is 4.98 Å². The predicted octanol–water partition coefficient (Wildman–Crippen LogP) is 3.16. The number of benzene rings is 2. The number of halogens is 1. The maximum Gasteiger partial charge on any atom is 0.125 e. The smallest absolute Gasteiger partial charge is 0.125 e. The zero-order chi connectivity index (χ0) is 11.0. The number of rotatable bonds is 1. The first-order chi connectivity index (χ1) is 7.84. The molecule has 2 nitrogen and oxygen atoms in total. The summed E-state index contributed by atoms with van der Waals surface area (Å²) >= 11 is 0. The molecular weight excluding hydrogens is 203 g/mol. The lowest BCUT2D eigenvalue weighted by Crippen LogP contribution is -1.91. The molecule has 0 bridgehead atoms. The molecule has 0 radical (unpaired) electrons. The highest BCUT2D eigenvalue weighted by Crippen LogP contribution is 2.18. The number of nitrogens with zero attached hydrogens (tertiary/aromatic N) is 2. The molecule has 0 saturated carbocycles. The lowest BCUT2D eigenvalue weighted by molar-refractivity contribution is 0.629. The Bertz CT molecular complexity index is 629. The van der Waals surface area contributed by atoms with E-state index in [-0.39, 0.29) is 5.82 Å². The largest absolute Gasteiger partial charge is 0.299 e. The van der Waals surface area contributed by atoms with Gasteiger partial charge < -0.3 is 0 Å². The molecule has 0 aliphatic carbocycles. The molecule has 0 unspecified atom stereocenters. The molecule has 3 heteroatoms. The minimum atomic E-state index is -0.245. The molecule has 1 aromatic heterocycles. The number of aromatic nitrogens is 2. The molecule has 0 aliphatic rings. The van der Waals surface area contributed by atoms with Gasteiger partial charge in [-0.25, -0.2) is 9.37 Å². The van der Waals surface area contributed by atoms with Gasteiger partial charge >= 0.3 is 0 Å². The maximum absolute atomic E-state index is 13.2. The molecule has 78 valence electrons. The van der Waals surface area contributed by atoms with Crippen molar-refractivity contribution in [2.24, 2.45) is 0 Å². The van der Waals surface area contributed by atoms with Gasteiger partial charge in [0.2, 0.25) is 0 Å². The van der Waals surface area contributed by atoms with Gasteiger partial charge in [0, 0.05) is 11.8 Å². The Kier molecular flexibility index (Phi) is 1.96. The summed E-state index contributed by atoms with van der Waals surface area (Å²) in [5.41, 5.74) is 2.56. The van der Waals surface area contributed by atoms with E-state index in [1.165, 1.54) is 12.1 Å². The van der Waals surface area contributed by atoms with E-state index in [9.17, 15) is 4.39 Å². The van der Waals surface area contributed by atoms with Gasteiger partial charge in [0.05, 0.1) is 11.0 Å². The van der Waals surface area contributed by atoms with Crippen LogP contribution in [0.25, 0.3) is 16.7 Å². The highest BCUT2D eigenvalue weighted by atomic mass is 19.1. The van der Waals surface area contributed by atoms with Gasteiger partial charge in [-0.2, -0.15) is 0 Å². The molecule has 16 heavy (non-hydrogen) atoms. The average Bonchev–Trinajstić information content (AvgIpc) is 2.73. The van der Waals surface area contributed by atoms with Crippen LogP contribution in [0, 0.1) is 5.82 Å². The Morgan fingerprint density at radius 1 is 1.00 bits per heavy atom. The molecule has 0 amide bonds. The molecule has 2 aromatic carbocycles. The third-order valence-corrected chi connectivity index (χ3v) is 2.54. The number of imidazole rings is 1. The molecule has 3 rings (SSSR count). The Hall–Kier alpha value is -2.16. The summed E-state index contributed by atoms with van der Waals surface area (Å²) in [4.78, 5) is 4.23. The second kappa shape index (κ2) is 3.45. The molecule has 1 heterocycles. The molecule has 0 saturated heterocycles. The van der Waals surface area contributed by atoms with Crippen molar-refractivity contribution >= 4 is 11.0 Å². The van der Waals surface area contributed by atoms with Crippen LogP contribution < -0.4 is 0 Å². The first-order valence-corrected chi connectivity index (χ1v) is 5.02. The Morgan fingerprint density at radius 2 is 1.81 bits per heavy atom. The van der Waals surface area contributed by atoms with E-state index in [1.807, 2.05) is 34.9 Å². The van der Waals surface area contributed by atoms with Gasteiger partial charge in [-0.05, 0) is 24.3 Å². The second-order valence-electron chi connectivity index (χ2n) is 3.58. The predicted molar refractivity (Wildman–Crippen MR) is 61.0 cm³/mol. The number of hydrogen-bond acceptors (Lipinski definition) is 1. The van der Waals surface area contributed by atoms with Crippen molar-refractivity contribution in [3.05, 3.63) is 60.7 Å². The van der Waals surface area contributed by atoms with Gasteiger partial charge in [0.25, 0.3) is 0 Å². The minimum Gasteiger partial charge on any atom is -0.299 e. The Balaban J connectivity index is 2.29. The standard InChI is InChI=1S/C13H9FN2/c14-10-6-7-12-13(8-10)16(9-15-12)11-4-2-1-3-5-11/h1-9H. The van der Waals surface area contributed by atoms with E-state index in [1.54, 1.807) is 12.4 Å². The van der Waals surface area contributed by atoms with Gasteiger partial charge in [-0.15, -0.1) is 0 Å². The molecule has 3 aromatic rings. The third-order valence-electron chi connectivity index (χ3n) is 2.54. The van der Waals surface area contributed by atoms with Crippen molar-refractivity contribution in [3.8, 4) is 5.69 Å².